The number of para-hydroxylation sites is 1. The Bertz CT molecular complexity index is 1260. The Hall–Kier alpha value is -3.04. The summed E-state index contributed by atoms with van der Waals surface area (Å²) in [6.45, 7) is 1.60. The van der Waals surface area contributed by atoms with E-state index in [2.05, 4.69) is 5.10 Å². The fourth-order valence-corrected chi connectivity index (χ4v) is 5.55. The highest BCUT2D eigenvalue weighted by molar-refractivity contribution is 7.90. The summed E-state index contributed by atoms with van der Waals surface area (Å²) in [7, 11) is -3.66. The second-order valence-electron chi connectivity index (χ2n) is 7.20. The van der Waals surface area contributed by atoms with Crippen molar-refractivity contribution in [3.05, 3.63) is 65.6 Å². The van der Waals surface area contributed by atoms with E-state index in [4.69, 9.17) is 4.74 Å². The van der Waals surface area contributed by atoms with Crippen LogP contribution in [0.1, 0.15) is 16.1 Å². The van der Waals surface area contributed by atoms with Crippen molar-refractivity contribution < 1.29 is 22.3 Å². The first-order valence-corrected chi connectivity index (χ1v) is 11.2. The molecule has 3 heterocycles. The third-order valence-electron chi connectivity index (χ3n) is 5.38. The van der Waals surface area contributed by atoms with Gasteiger partial charge >= 0.3 is 0 Å². The number of fused-ring (bicyclic) bond motifs is 3. The quantitative estimate of drug-likeness (QED) is 0.628. The van der Waals surface area contributed by atoms with Gasteiger partial charge in [0, 0.05) is 24.2 Å². The van der Waals surface area contributed by atoms with Crippen LogP contribution in [-0.2, 0) is 20.3 Å². The molecule has 30 heavy (non-hydrogen) atoms. The highest BCUT2D eigenvalue weighted by atomic mass is 32.2. The lowest BCUT2D eigenvalue weighted by molar-refractivity contribution is 0.0298. The minimum atomic E-state index is -3.66. The molecule has 3 aromatic rings. The first-order chi connectivity index (χ1) is 14.5. The summed E-state index contributed by atoms with van der Waals surface area (Å²) in [4.78, 5) is 15.0. The number of carbonyl (C=O) groups excluding carboxylic acids is 1. The van der Waals surface area contributed by atoms with E-state index in [0.29, 0.717) is 43.1 Å². The van der Waals surface area contributed by atoms with E-state index in [1.165, 1.54) is 16.8 Å². The predicted octanol–water partition coefficient (Wildman–Crippen LogP) is 2.44. The van der Waals surface area contributed by atoms with Gasteiger partial charge < -0.3 is 9.64 Å². The van der Waals surface area contributed by atoms with E-state index in [9.17, 15) is 17.6 Å². The SMILES string of the molecule is O=C(c1nn(-c2ccccc2F)c2c1CS(=O)(=O)c1ccccc1-2)N1CCOCC1. The number of benzene rings is 2. The highest BCUT2D eigenvalue weighted by Crippen LogP contribution is 2.41. The number of amides is 1. The number of ether oxygens (including phenoxy) is 1. The van der Waals surface area contributed by atoms with E-state index < -0.39 is 15.7 Å². The third kappa shape index (κ3) is 2.93. The van der Waals surface area contributed by atoms with Crippen molar-refractivity contribution in [3.63, 3.8) is 0 Å². The van der Waals surface area contributed by atoms with E-state index in [1.54, 1.807) is 41.3 Å². The first kappa shape index (κ1) is 19.0. The van der Waals surface area contributed by atoms with Gasteiger partial charge in [0.25, 0.3) is 5.91 Å². The lowest BCUT2D eigenvalue weighted by atomic mass is 10.0. The summed E-state index contributed by atoms with van der Waals surface area (Å²) in [6, 6.07) is 12.6. The molecule has 0 aliphatic carbocycles. The van der Waals surface area contributed by atoms with Gasteiger partial charge in [0.2, 0.25) is 0 Å². The number of nitrogens with zero attached hydrogens (tertiary/aromatic N) is 3. The maximum Gasteiger partial charge on any atom is 0.274 e. The van der Waals surface area contributed by atoms with Gasteiger partial charge in [-0.1, -0.05) is 30.3 Å². The minimum Gasteiger partial charge on any atom is -0.378 e. The van der Waals surface area contributed by atoms with Gasteiger partial charge in [0.1, 0.15) is 11.5 Å². The van der Waals surface area contributed by atoms with Gasteiger partial charge in [-0.3, -0.25) is 4.79 Å². The molecule has 1 fully saturated rings. The van der Waals surface area contributed by atoms with Crippen molar-refractivity contribution in [2.45, 2.75) is 10.6 Å². The van der Waals surface area contributed by atoms with Crippen LogP contribution in [0.4, 0.5) is 4.39 Å². The standard InChI is InChI=1S/C21H18FN3O4S/c22-16-6-2-3-7-17(16)25-20-14-5-1-4-8-18(14)30(27,28)13-15(20)19(23-25)21(26)24-9-11-29-12-10-24/h1-8H,9-13H2. The monoisotopic (exact) mass is 427 g/mol. The molecule has 0 radical (unpaired) electrons. The molecule has 1 saturated heterocycles. The number of carbonyl (C=O) groups is 1. The smallest absolute Gasteiger partial charge is 0.274 e. The number of halogens is 1. The molecule has 0 saturated carbocycles. The molecule has 1 amide bonds. The molecule has 9 heteroatoms. The number of morpholine rings is 1. The van der Waals surface area contributed by atoms with Crippen LogP contribution >= 0.6 is 0 Å². The number of rotatable bonds is 2. The fourth-order valence-electron chi connectivity index (χ4n) is 3.95. The van der Waals surface area contributed by atoms with Crippen LogP contribution in [0.3, 0.4) is 0 Å². The maximum absolute atomic E-state index is 14.6. The third-order valence-corrected chi connectivity index (χ3v) is 7.07. The number of hydrogen-bond donors (Lipinski definition) is 0. The largest absolute Gasteiger partial charge is 0.378 e. The number of aromatic nitrogens is 2. The lowest BCUT2D eigenvalue weighted by Crippen LogP contribution is -2.41. The summed E-state index contributed by atoms with van der Waals surface area (Å²) in [5.41, 5.74) is 1.34. The van der Waals surface area contributed by atoms with Gasteiger partial charge in [0.05, 0.1) is 29.6 Å². The predicted molar refractivity (Wildman–Crippen MR) is 107 cm³/mol. The Labute approximate surface area is 172 Å². The molecule has 154 valence electrons. The Kier molecular flexibility index (Phi) is 4.44. The van der Waals surface area contributed by atoms with Gasteiger partial charge in [-0.25, -0.2) is 17.5 Å². The summed E-state index contributed by atoms with van der Waals surface area (Å²) >= 11 is 0. The van der Waals surface area contributed by atoms with Crippen molar-refractivity contribution in [1.82, 2.24) is 14.7 Å². The average Bonchev–Trinajstić information content (AvgIpc) is 3.12. The Morgan fingerprint density at radius 1 is 1.03 bits per heavy atom. The fraction of sp³-hybridized carbons (Fsp3) is 0.238. The van der Waals surface area contributed by atoms with Crippen LogP contribution < -0.4 is 0 Å². The Morgan fingerprint density at radius 3 is 2.50 bits per heavy atom. The topological polar surface area (TPSA) is 81.5 Å². The highest BCUT2D eigenvalue weighted by Gasteiger charge is 2.37. The summed E-state index contributed by atoms with van der Waals surface area (Å²) < 4.78 is 47.2. The molecule has 0 spiro atoms. The van der Waals surface area contributed by atoms with Crippen LogP contribution in [0.2, 0.25) is 0 Å². The molecule has 0 atom stereocenters. The minimum absolute atomic E-state index is 0.0354. The molecular formula is C21H18FN3O4S. The molecule has 7 nitrogen and oxygen atoms in total. The van der Waals surface area contributed by atoms with E-state index in [0.717, 1.165) is 0 Å². The second-order valence-corrected chi connectivity index (χ2v) is 9.16. The molecule has 2 aromatic carbocycles. The molecular weight excluding hydrogens is 409 g/mol. The van der Waals surface area contributed by atoms with Crippen LogP contribution in [0.15, 0.2) is 53.4 Å². The zero-order chi connectivity index (χ0) is 20.9. The normalized spacial score (nSPS) is 17.3. The maximum atomic E-state index is 14.6. The summed E-state index contributed by atoms with van der Waals surface area (Å²) in [5, 5.41) is 4.44. The van der Waals surface area contributed by atoms with Crippen LogP contribution in [0, 0.1) is 5.82 Å². The van der Waals surface area contributed by atoms with Crippen molar-refractivity contribution in [2.75, 3.05) is 26.3 Å². The Balaban J connectivity index is 1.78. The lowest BCUT2D eigenvalue weighted by Gasteiger charge is -2.26. The van der Waals surface area contributed by atoms with Crippen molar-refractivity contribution in [1.29, 1.82) is 0 Å². The van der Waals surface area contributed by atoms with Gasteiger partial charge in [-0.15, -0.1) is 0 Å². The molecule has 2 aliphatic heterocycles. The van der Waals surface area contributed by atoms with Crippen LogP contribution in [0.25, 0.3) is 16.9 Å². The van der Waals surface area contributed by atoms with E-state index >= 15 is 0 Å². The Morgan fingerprint density at radius 2 is 1.73 bits per heavy atom. The van der Waals surface area contributed by atoms with Gasteiger partial charge in [-0.05, 0) is 18.2 Å². The van der Waals surface area contributed by atoms with Crippen LogP contribution in [0.5, 0.6) is 0 Å². The average molecular weight is 427 g/mol. The zero-order valence-corrected chi connectivity index (χ0v) is 16.7. The molecule has 5 rings (SSSR count). The first-order valence-electron chi connectivity index (χ1n) is 9.53. The molecule has 0 bridgehead atoms. The van der Waals surface area contributed by atoms with Crippen molar-refractivity contribution in [3.8, 4) is 16.9 Å². The molecule has 0 unspecified atom stereocenters. The van der Waals surface area contributed by atoms with Crippen molar-refractivity contribution >= 4 is 15.7 Å². The zero-order valence-electron chi connectivity index (χ0n) is 15.9. The number of hydrogen-bond acceptors (Lipinski definition) is 5. The second kappa shape index (κ2) is 7.03. The van der Waals surface area contributed by atoms with E-state index in [1.807, 2.05) is 0 Å². The van der Waals surface area contributed by atoms with Gasteiger partial charge in [0.15, 0.2) is 15.5 Å². The van der Waals surface area contributed by atoms with E-state index in [-0.39, 0.29) is 27.9 Å². The summed E-state index contributed by atoms with van der Waals surface area (Å²) in [6.07, 6.45) is 0. The van der Waals surface area contributed by atoms with Crippen molar-refractivity contribution in [2.24, 2.45) is 0 Å². The van der Waals surface area contributed by atoms with Gasteiger partial charge in [-0.2, -0.15) is 5.10 Å². The molecule has 1 aromatic heterocycles. The molecule has 2 aliphatic rings. The molecule has 0 N–H and O–H groups in total. The van der Waals surface area contributed by atoms with Crippen LogP contribution in [-0.4, -0.2) is 55.3 Å². The number of sulfone groups is 1. The summed E-state index contributed by atoms with van der Waals surface area (Å²) in [5.74, 6) is -1.25.